The Morgan fingerprint density at radius 2 is 1.78 bits per heavy atom. The van der Waals surface area contributed by atoms with Gasteiger partial charge in [-0.1, -0.05) is 17.7 Å². The molecule has 8 heteroatoms. The molecule has 2 rings (SSSR count). The van der Waals surface area contributed by atoms with Crippen molar-refractivity contribution in [3.8, 4) is 11.5 Å². The average molecular weight is 390 g/mol. The summed E-state index contributed by atoms with van der Waals surface area (Å²) >= 11 is 5.85. The van der Waals surface area contributed by atoms with Crippen LogP contribution in [0.3, 0.4) is 0 Å². The standard InChI is InChI=1S/C19H20ClN3O4/c1-26-16-7-6-13(10-17(16)27-2)12-21-23-19(25)9-8-18(24)22-15-5-3-4-14(20)11-15/h3-7,10-12H,8-9H2,1-2H3,(H,22,24)(H,23,25)/b21-12+. The summed E-state index contributed by atoms with van der Waals surface area (Å²) in [6, 6.07) is 12.0. The van der Waals surface area contributed by atoms with E-state index in [0.717, 1.165) is 5.56 Å². The second-order valence-electron chi connectivity index (χ2n) is 5.47. The number of hydrogen-bond acceptors (Lipinski definition) is 5. The number of methoxy groups -OCH3 is 2. The summed E-state index contributed by atoms with van der Waals surface area (Å²) in [6.45, 7) is 0. The van der Waals surface area contributed by atoms with E-state index in [1.807, 2.05) is 0 Å². The first-order chi connectivity index (χ1) is 13.0. The van der Waals surface area contributed by atoms with Crippen LogP contribution in [0.5, 0.6) is 11.5 Å². The molecule has 2 aromatic rings. The number of amides is 2. The van der Waals surface area contributed by atoms with E-state index in [4.69, 9.17) is 21.1 Å². The molecule has 0 saturated heterocycles. The second kappa shape index (κ2) is 10.2. The number of carbonyl (C=O) groups is 2. The molecular weight excluding hydrogens is 370 g/mol. The minimum Gasteiger partial charge on any atom is -0.493 e. The summed E-state index contributed by atoms with van der Waals surface area (Å²) < 4.78 is 10.4. The maximum absolute atomic E-state index is 11.9. The SMILES string of the molecule is COc1ccc(/C=N/NC(=O)CCC(=O)Nc2cccc(Cl)c2)cc1OC. The summed E-state index contributed by atoms with van der Waals surface area (Å²) in [6.07, 6.45) is 1.52. The first-order valence-electron chi connectivity index (χ1n) is 8.11. The van der Waals surface area contributed by atoms with Crippen LogP contribution in [0, 0.1) is 0 Å². The highest BCUT2D eigenvalue weighted by molar-refractivity contribution is 6.30. The monoisotopic (exact) mass is 389 g/mol. The highest BCUT2D eigenvalue weighted by Crippen LogP contribution is 2.26. The topological polar surface area (TPSA) is 89.0 Å². The van der Waals surface area contributed by atoms with Crippen LogP contribution in [-0.2, 0) is 9.59 Å². The Balaban J connectivity index is 1.78. The number of benzene rings is 2. The highest BCUT2D eigenvalue weighted by atomic mass is 35.5. The van der Waals surface area contributed by atoms with Crippen LogP contribution in [0.25, 0.3) is 0 Å². The number of anilines is 1. The third-order valence-corrected chi connectivity index (χ3v) is 3.73. The smallest absolute Gasteiger partial charge is 0.240 e. The number of nitrogens with zero attached hydrogens (tertiary/aromatic N) is 1. The number of carbonyl (C=O) groups excluding carboxylic acids is 2. The third kappa shape index (κ3) is 6.63. The first kappa shape index (κ1) is 20.3. The molecule has 0 heterocycles. The molecule has 142 valence electrons. The number of hydrazone groups is 1. The van der Waals surface area contributed by atoms with Gasteiger partial charge in [0.15, 0.2) is 11.5 Å². The largest absolute Gasteiger partial charge is 0.493 e. The Morgan fingerprint density at radius 1 is 1.04 bits per heavy atom. The molecule has 0 aliphatic carbocycles. The van der Waals surface area contributed by atoms with E-state index in [1.165, 1.54) is 13.3 Å². The van der Waals surface area contributed by atoms with Gasteiger partial charge in [0.25, 0.3) is 0 Å². The molecule has 0 fully saturated rings. The molecule has 0 radical (unpaired) electrons. The van der Waals surface area contributed by atoms with Gasteiger partial charge in [-0.2, -0.15) is 5.10 Å². The molecule has 2 N–H and O–H groups in total. The van der Waals surface area contributed by atoms with Gasteiger partial charge in [-0.25, -0.2) is 5.43 Å². The van der Waals surface area contributed by atoms with Gasteiger partial charge >= 0.3 is 0 Å². The number of nitrogens with one attached hydrogen (secondary N) is 2. The molecular formula is C19H20ClN3O4. The molecule has 0 aliphatic rings. The predicted octanol–water partition coefficient (Wildman–Crippen LogP) is 3.23. The molecule has 27 heavy (non-hydrogen) atoms. The average Bonchev–Trinajstić information content (AvgIpc) is 2.66. The molecule has 0 bridgehead atoms. The van der Waals surface area contributed by atoms with Gasteiger partial charge in [-0.3, -0.25) is 9.59 Å². The quantitative estimate of drug-likeness (QED) is 0.536. The van der Waals surface area contributed by atoms with Crippen molar-refractivity contribution >= 4 is 35.3 Å². The number of halogens is 1. The van der Waals surface area contributed by atoms with Crippen molar-refractivity contribution in [2.75, 3.05) is 19.5 Å². The van der Waals surface area contributed by atoms with Crippen molar-refractivity contribution in [1.82, 2.24) is 5.43 Å². The van der Waals surface area contributed by atoms with E-state index in [2.05, 4.69) is 15.8 Å². The number of hydrogen-bond donors (Lipinski definition) is 2. The third-order valence-electron chi connectivity index (χ3n) is 3.50. The van der Waals surface area contributed by atoms with Crippen LogP contribution in [0.2, 0.25) is 5.02 Å². The molecule has 0 spiro atoms. The predicted molar refractivity (Wildman–Crippen MR) is 105 cm³/mol. The summed E-state index contributed by atoms with van der Waals surface area (Å²) in [5, 5.41) is 7.08. The van der Waals surface area contributed by atoms with Crippen LogP contribution < -0.4 is 20.2 Å². The Labute approximate surface area is 162 Å². The minimum absolute atomic E-state index is 0.00960. The maximum atomic E-state index is 11.9. The van der Waals surface area contributed by atoms with E-state index in [1.54, 1.807) is 49.6 Å². The van der Waals surface area contributed by atoms with Crippen LogP contribution >= 0.6 is 11.6 Å². The fourth-order valence-corrected chi connectivity index (χ4v) is 2.37. The molecule has 0 atom stereocenters. The van der Waals surface area contributed by atoms with Crippen molar-refractivity contribution in [2.45, 2.75) is 12.8 Å². The van der Waals surface area contributed by atoms with Crippen molar-refractivity contribution < 1.29 is 19.1 Å². The van der Waals surface area contributed by atoms with Gasteiger partial charge in [0.05, 0.1) is 20.4 Å². The minimum atomic E-state index is -0.368. The fraction of sp³-hybridized carbons (Fsp3) is 0.211. The fourth-order valence-electron chi connectivity index (χ4n) is 2.18. The Morgan fingerprint density at radius 3 is 2.48 bits per heavy atom. The molecule has 7 nitrogen and oxygen atoms in total. The van der Waals surface area contributed by atoms with E-state index in [0.29, 0.717) is 22.2 Å². The lowest BCUT2D eigenvalue weighted by atomic mass is 10.2. The van der Waals surface area contributed by atoms with Crippen molar-refractivity contribution in [2.24, 2.45) is 5.10 Å². The molecule has 0 saturated carbocycles. The van der Waals surface area contributed by atoms with Gasteiger partial charge < -0.3 is 14.8 Å². The van der Waals surface area contributed by atoms with Crippen molar-refractivity contribution in [3.63, 3.8) is 0 Å². The van der Waals surface area contributed by atoms with Gasteiger partial charge in [-0.15, -0.1) is 0 Å². The molecule has 2 aromatic carbocycles. The Kier molecular flexibility index (Phi) is 7.63. The molecule has 2 amide bonds. The summed E-state index contributed by atoms with van der Waals surface area (Å²) in [5.74, 6) is 0.513. The van der Waals surface area contributed by atoms with Gasteiger partial charge in [0.1, 0.15) is 0 Å². The highest BCUT2D eigenvalue weighted by Gasteiger charge is 2.07. The zero-order valence-electron chi connectivity index (χ0n) is 15.0. The van der Waals surface area contributed by atoms with Gasteiger partial charge in [0.2, 0.25) is 11.8 Å². The zero-order chi connectivity index (χ0) is 19.6. The maximum Gasteiger partial charge on any atom is 0.240 e. The zero-order valence-corrected chi connectivity index (χ0v) is 15.7. The molecule has 0 aromatic heterocycles. The lowest BCUT2D eigenvalue weighted by Crippen LogP contribution is -2.20. The van der Waals surface area contributed by atoms with Crippen molar-refractivity contribution in [1.29, 1.82) is 0 Å². The second-order valence-corrected chi connectivity index (χ2v) is 5.90. The van der Waals surface area contributed by atoms with Gasteiger partial charge in [-0.05, 0) is 42.0 Å². The number of rotatable bonds is 8. The van der Waals surface area contributed by atoms with Gasteiger partial charge in [0, 0.05) is 23.6 Å². The molecule has 0 unspecified atom stereocenters. The normalized spacial score (nSPS) is 10.5. The Bertz CT molecular complexity index is 839. The van der Waals surface area contributed by atoms with E-state index in [-0.39, 0.29) is 24.7 Å². The first-order valence-corrected chi connectivity index (χ1v) is 8.49. The Hall–Kier alpha value is -3.06. The van der Waals surface area contributed by atoms with Crippen LogP contribution in [0.1, 0.15) is 18.4 Å². The van der Waals surface area contributed by atoms with Crippen LogP contribution in [0.15, 0.2) is 47.6 Å². The summed E-state index contributed by atoms with van der Waals surface area (Å²) in [7, 11) is 3.09. The summed E-state index contributed by atoms with van der Waals surface area (Å²) in [5.41, 5.74) is 3.69. The summed E-state index contributed by atoms with van der Waals surface area (Å²) in [4.78, 5) is 23.7. The van der Waals surface area contributed by atoms with E-state index < -0.39 is 0 Å². The lowest BCUT2D eigenvalue weighted by molar-refractivity contribution is -0.124. The number of ether oxygens (including phenoxy) is 2. The van der Waals surface area contributed by atoms with Crippen LogP contribution in [-0.4, -0.2) is 32.2 Å². The van der Waals surface area contributed by atoms with Crippen LogP contribution in [0.4, 0.5) is 5.69 Å². The van der Waals surface area contributed by atoms with Crippen molar-refractivity contribution in [3.05, 3.63) is 53.1 Å². The van der Waals surface area contributed by atoms with E-state index >= 15 is 0 Å². The van der Waals surface area contributed by atoms with E-state index in [9.17, 15) is 9.59 Å². The lowest BCUT2D eigenvalue weighted by Gasteiger charge is -2.07. The molecule has 0 aliphatic heterocycles.